The summed E-state index contributed by atoms with van der Waals surface area (Å²) in [4.78, 5) is 2.54. The van der Waals surface area contributed by atoms with Gasteiger partial charge >= 0.3 is 0 Å². The molecule has 3 rings (SSSR count). The highest BCUT2D eigenvalue weighted by atomic mass is 15.2. The standard InChI is InChI=1S/C19H24N2/c1-3-15-7-9-16(10-8-15)14(2)21-12-11-18-17(13-21)5-4-6-19(18)20/h4-10,14H,3,11-13,20H2,1-2H3. The van der Waals surface area contributed by atoms with Crippen LogP contribution in [0.25, 0.3) is 0 Å². The summed E-state index contributed by atoms with van der Waals surface area (Å²) in [5.74, 6) is 0. The molecule has 1 unspecified atom stereocenters. The number of benzene rings is 2. The zero-order valence-corrected chi connectivity index (χ0v) is 13.0. The van der Waals surface area contributed by atoms with Crippen molar-refractivity contribution in [3.8, 4) is 0 Å². The predicted octanol–water partition coefficient (Wildman–Crippen LogP) is 3.95. The monoisotopic (exact) mass is 280 g/mol. The van der Waals surface area contributed by atoms with Crippen molar-refractivity contribution in [2.45, 2.75) is 39.3 Å². The lowest BCUT2D eigenvalue weighted by Gasteiger charge is -2.34. The Hall–Kier alpha value is -1.80. The van der Waals surface area contributed by atoms with Gasteiger partial charge in [0.05, 0.1) is 0 Å². The van der Waals surface area contributed by atoms with Crippen LogP contribution in [0.1, 0.15) is 42.1 Å². The van der Waals surface area contributed by atoms with Gasteiger partial charge in [-0.2, -0.15) is 0 Å². The van der Waals surface area contributed by atoms with Gasteiger partial charge in [0.15, 0.2) is 0 Å². The average Bonchev–Trinajstić information content (AvgIpc) is 2.54. The van der Waals surface area contributed by atoms with Crippen LogP contribution >= 0.6 is 0 Å². The first-order valence-corrected chi connectivity index (χ1v) is 7.88. The quantitative estimate of drug-likeness (QED) is 0.863. The molecule has 0 radical (unpaired) electrons. The maximum Gasteiger partial charge on any atom is 0.0350 e. The van der Waals surface area contributed by atoms with E-state index >= 15 is 0 Å². The number of rotatable bonds is 3. The van der Waals surface area contributed by atoms with E-state index in [1.54, 1.807) is 0 Å². The highest BCUT2D eigenvalue weighted by Gasteiger charge is 2.22. The summed E-state index contributed by atoms with van der Waals surface area (Å²) in [6.45, 7) is 6.58. The number of nitrogens with zero attached hydrogens (tertiary/aromatic N) is 1. The van der Waals surface area contributed by atoms with Crippen LogP contribution in [-0.2, 0) is 19.4 Å². The minimum Gasteiger partial charge on any atom is -0.398 e. The third-order valence-corrected chi connectivity index (χ3v) is 4.75. The Bertz CT molecular complexity index is 616. The molecule has 0 spiro atoms. The van der Waals surface area contributed by atoms with Crippen LogP contribution in [0.5, 0.6) is 0 Å². The molecule has 0 aliphatic carbocycles. The Labute approximate surface area is 127 Å². The molecule has 1 heterocycles. The minimum absolute atomic E-state index is 0.450. The zero-order chi connectivity index (χ0) is 14.8. The molecule has 0 fully saturated rings. The molecule has 110 valence electrons. The second kappa shape index (κ2) is 5.90. The Balaban J connectivity index is 1.78. The van der Waals surface area contributed by atoms with Gasteiger partial charge in [-0.25, -0.2) is 0 Å². The van der Waals surface area contributed by atoms with Gasteiger partial charge in [-0.15, -0.1) is 0 Å². The lowest BCUT2D eigenvalue weighted by Crippen LogP contribution is -2.33. The summed E-state index contributed by atoms with van der Waals surface area (Å²) in [5, 5.41) is 0. The van der Waals surface area contributed by atoms with Crippen molar-refractivity contribution in [2.24, 2.45) is 0 Å². The average molecular weight is 280 g/mol. The molecule has 1 aliphatic rings. The van der Waals surface area contributed by atoms with Gasteiger partial charge in [-0.1, -0.05) is 43.3 Å². The second-order valence-electron chi connectivity index (χ2n) is 5.98. The third kappa shape index (κ3) is 2.81. The molecule has 1 aliphatic heterocycles. The van der Waals surface area contributed by atoms with Crippen molar-refractivity contribution in [3.05, 3.63) is 64.7 Å². The molecule has 2 aromatic rings. The summed E-state index contributed by atoms with van der Waals surface area (Å²) in [6, 6.07) is 15.8. The van der Waals surface area contributed by atoms with Crippen molar-refractivity contribution in [1.82, 2.24) is 4.90 Å². The van der Waals surface area contributed by atoms with Crippen LogP contribution < -0.4 is 5.73 Å². The van der Waals surface area contributed by atoms with E-state index in [1.807, 2.05) is 6.07 Å². The van der Waals surface area contributed by atoms with E-state index in [9.17, 15) is 0 Å². The molecule has 2 heteroatoms. The molecule has 0 saturated heterocycles. The van der Waals surface area contributed by atoms with Crippen LogP contribution in [0.4, 0.5) is 5.69 Å². The normalized spacial score (nSPS) is 16.5. The van der Waals surface area contributed by atoms with Crippen LogP contribution in [0, 0.1) is 0 Å². The van der Waals surface area contributed by atoms with Gasteiger partial charge in [-0.05, 0) is 48.1 Å². The van der Waals surface area contributed by atoms with Gasteiger partial charge in [0.2, 0.25) is 0 Å². The Morgan fingerprint density at radius 2 is 1.90 bits per heavy atom. The molecule has 2 nitrogen and oxygen atoms in total. The molecular formula is C19H24N2. The lowest BCUT2D eigenvalue weighted by molar-refractivity contribution is 0.192. The van der Waals surface area contributed by atoms with Gasteiger partial charge in [0.25, 0.3) is 0 Å². The van der Waals surface area contributed by atoms with E-state index in [1.165, 1.54) is 22.3 Å². The van der Waals surface area contributed by atoms with Crippen LogP contribution in [0.15, 0.2) is 42.5 Å². The molecular weight excluding hydrogens is 256 g/mol. The summed E-state index contributed by atoms with van der Waals surface area (Å²) < 4.78 is 0. The molecule has 2 aromatic carbocycles. The SMILES string of the molecule is CCc1ccc(C(C)N2CCc3c(N)cccc3C2)cc1. The first-order valence-electron chi connectivity index (χ1n) is 7.88. The van der Waals surface area contributed by atoms with E-state index in [0.29, 0.717) is 6.04 Å². The van der Waals surface area contributed by atoms with Crippen LogP contribution in [-0.4, -0.2) is 11.4 Å². The minimum atomic E-state index is 0.450. The number of anilines is 1. The van der Waals surface area contributed by atoms with E-state index in [-0.39, 0.29) is 0 Å². The zero-order valence-electron chi connectivity index (χ0n) is 13.0. The highest BCUT2D eigenvalue weighted by Crippen LogP contribution is 2.30. The van der Waals surface area contributed by atoms with Crippen molar-refractivity contribution >= 4 is 5.69 Å². The van der Waals surface area contributed by atoms with Gasteiger partial charge in [0.1, 0.15) is 0 Å². The molecule has 0 bridgehead atoms. The fraction of sp³-hybridized carbons (Fsp3) is 0.368. The van der Waals surface area contributed by atoms with Crippen molar-refractivity contribution in [2.75, 3.05) is 12.3 Å². The number of hydrogen-bond acceptors (Lipinski definition) is 2. The van der Waals surface area contributed by atoms with Gasteiger partial charge in [-0.3, -0.25) is 4.90 Å². The molecule has 1 atom stereocenters. The molecule has 2 N–H and O–H groups in total. The van der Waals surface area contributed by atoms with Crippen LogP contribution in [0.2, 0.25) is 0 Å². The number of aryl methyl sites for hydroxylation is 1. The van der Waals surface area contributed by atoms with E-state index in [0.717, 1.165) is 31.6 Å². The maximum atomic E-state index is 6.09. The third-order valence-electron chi connectivity index (χ3n) is 4.75. The summed E-state index contributed by atoms with van der Waals surface area (Å²) in [7, 11) is 0. The summed E-state index contributed by atoms with van der Waals surface area (Å²) >= 11 is 0. The fourth-order valence-corrected chi connectivity index (χ4v) is 3.23. The Morgan fingerprint density at radius 3 is 2.62 bits per heavy atom. The maximum absolute atomic E-state index is 6.09. The Kier molecular flexibility index (Phi) is 3.98. The van der Waals surface area contributed by atoms with E-state index in [4.69, 9.17) is 5.73 Å². The smallest absolute Gasteiger partial charge is 0.0350 e. The number of nitrogens with two attached hydrogens (primary N) is 1. The molecule has 0 saturated carbocycles. The fourth-order valence-electron chi connectivity index (χ4n) is 3.23. The number of fused-ring (bicyclic) bond motifs is 1. The Morgan fingerprint density at radius 1 is 1.14 bits per heavy atom. The van der Waals surface area contributed by atoms with E-state index < -0.39 is 0 Å². The molecule has 0 aromatic heterocycles. The predicted molar refractivity (Wildman–Crippen MR) is 89.2 cm³/mol. The van der Waals surface area contributed by atoms with Crippen molar-refractivity contribution in [1.29, 1.82) is 0 Å². The highest BCUT2D eigenvalue weighted by molar-refractivity contribution is 5.52. The van der Waals surface area contributed by atoms with E-state index in [2.05, 4.69) is 55.1 Å². The lowest BCUT2D eigenvalue weighted by atomic mass is 9.95. The van der Waals surface area contributed by atoms with Crippen molar-refractivity contribution < 1.29 is 0 Å². The van der Waals surface area contributed by atoms with Gasteiger partial charge in [0, 0.05) is 24.8 Å². The first-order chi connectivity index (χ1) is 10.2. The molecule has 21 heavy (non-hydrogen) atoms. The first kappa shape index (κ1) is 14.2. The molecule has 0 amide bonds. The van der Waals surface area contributed by atoms with Crippen LogP contribution in [0.3, 0.4) is 0 Å². The summed E-state index contributed by atoms with van der Waals surface area (Å²) in [6.07, 6.45) is 2.16. The number of nitrogen functional groups attached to an aromatic ring is 1. The topological polar surface area (TPSA) is 29.3 Å². The second-order valence-corrected chi connectivity index (χ2v) is 5.98. The largest absolute Gasteiger partial charge is 0.398 e. The van der Waals surface area contributed by atoms with Crippen molar-refractivity contribution in [3.63, 3.8) is 0 Å². The summed E-state index contributed by atoms with van der Waals surface area (Å²) in [5.41, 5.74) is 12.6. The number of hydrogen-bond donors (Lipinski definition) is 1. The van der Waals surface area contributed by atoms with Gasteiger partial charge < -0.3 is 5.73 Å².